The number of amides is 1. The quantitative estimate of drug-likeness (QED) is 0.898. The van der Waals surface area contributed by atoms with Crippen molar-refractivity contribution in [2.75, 3.05) is 13.2 Å². The van der Waals surface area contributed by atoms with Crippen LogP contribution in [0.5, 0.6) is 5.75 Å². The van der Waals surface area contributed by atoms with Crippen molar-refractivity contribution >= 4 is 5.91 Å². The van der Waals surface area contributed by atoms with Crippen molar-refractivity contribution in [1.29, 1.82) is 0 Å². The lowest BCUT2D eigenvalue weighted by Gasteiger charge is -2.07. The molecule has 0 bridgehead atoms. The fourth-order valence-corrected chi connectivity index (χ4v) is 3.17. The second-order valence-corrected chi connectivity index (χ2v) is 6.04. The third-order valence-corrected chi connectivity index (χ3v) is 4.59. The van der Waals surface area contributed by atoms with Crippen LogP contribution < -0.4 is 10.1 Å². The molecule has 0 unspecified atom stereocenters. The molecule has 0 radical (unpaired) electrons. The van der Waals surface area contributed by atoms with Crippen LogP contribution in [0.25, 0.3) is 0 Å². The van der Waals surface area contributed by atoms with Crippen molar-refractivity contribution in [3.8, 4) is 5.75 Å². The van der Waals surface area contributed by atoms with Crippen LogP contribution in [-0.4, -0.2) is 19.1 Å². The molecule has 2 fully saturated rings. The van der Waals surface area contributed by atoms with Crippen molar-refractivity contribution in [1.82, 2.24) is 5.32 Å². The topological polar surface area (TPSA) is 38.3 Å². The molecule has 19 heavy (non-hydrogen) atoms. The molecule has 3 heteroatoms. The molecule has 0 saturated heterocycles. The fraction of sp³-hybridized carbons (Fsp3) is 0.562. The number of hydrogen-bond donors (Lipinski definition) is 1. The molecular weight excluding hydrogens is 238 g/mol. The van der Waals surface area contributed by atoms with Gasteiger partial charge >= 0.3 is 0 Å². The van der Waals surface area contributed by atoms with Crippen LogP contribution >= 0.6 is 0 Å². The van der Waals surface area contributed by atoms with E-state index >= 15 is 0 Å². The highest BCUT2D eigenvalue weighted by molar-refractivity contribution is 5.80. The highest BCUT2D eigenvalue weighted by atomic mass is 16.5. The van der Waals surface area contributed by atoms with E-state index in [9.17, 15) is 4.79 Å². The molecule has 1 aromatic rings. The molecular formula is C16H19NO2. The van der Waals surface area contributed by atoms with Gasteiger partial charge in [-0.2, -0.15) is 0 Å². The normalized spacial score (nSPS) is 27.6. The summed E-state index contributed by atoms with van der Waals surface area (Å²) in [5.41, 5.74) is 2.86. The van der Waals surface area contributed by atoms with E-state index in [4.69, 9.17) is 4.74 Å². The smallest absolute Gasteiger partial charge is 0.223 e. The van der Waals surface area contributed by atoms with Gasteiger partial charge in [0.25, 0.3) is 0 Å². The number of nitrogens with one attached hydrogen (secondary N) is 1. The summed E-state index contributed by atoms with van der Waals surface area (Å²) in [6.07, 6.45) is 4.43. The fourth-order valence-electron chi connectivity index (χ4n) is 3.17. The van der Waals surface area contributed by atoms with E-state index in [1.807, 2.05) is 0 Å². The highest BCUT2D eigenvalue weighted by Gasteiger charge is 2.41. The highest BCUT2D eigenvalue weighted by Crippen LogP contribution is 2.50. The zero-order chi connectivity index (χ0) is 12.8. The maximum atomic E-state index is 11.6. The van der Waals surface area contributed by atoms with Gasteiger partial charge in [0.15, 0.2) is 0 Å². The van der Waals surface area contributed by atoms with Crippen molar-refractivity contribution in [3.63, 3.8) is 0 Å². The van der Waals surface area contributed by atoms with Crippen LogP contribution in [0.15, 0.2) is 18.2 Å². The van der Waals surface area contributed by atoms with Gasteiger partial charge in [-0.15, -0.1) is 0 Å². The van der Waals surface area contributed by atoms with Gasteiger partial charge in [-0.3, -0.25) is 4.79 Å². The second kappa shape index (κ2) is 4.26. The second-order valence-electron chi connectivity index (χ2n) is 6.04. The summed E-state index contributed by atoms with van der Waals surface area (Å²) in [6, 6.07) is 6.40. The first-order chi connectivity index (χ1) is 9.33. The van der Waals surface area contributed by atoms with E-state index in [-0.39, 0.29) is 5.91 Å². The zero-order valence-corrected chi connectivity index (χ0v) is 11.0. The van der Waals surface area contributed by atoms with Gasteiger partial charge in [-0.05, 0) is 42.7 Å². The number of fused-ring (bicyclic) bond motifs is 1. The third-order valence-electron chi connectivity index (χ3n) is 4.59. The van der Waals surface area contributed by atoms with Crippen LogP contribution in [0.1, 0.15) is 36.3 Å². The number of benzene rings is 1. The molecule has 0 spiro atoms. The lowest BCUT2D eigenvalue weighted by atomic mass is 10.00. The summed E-state index contributed by atoms with van der Waals surface area (Å²) < 4.78 is 5.62. The Kier molecular flexibility index (Phi) is 2.54. The first kappa shape index (κ1) is 11.3. The molecule has 3 aliphatic rings. The molecule has 1 aliphatic heterocycles. The Balaban J connectivity index is 1.39. The van der Waals surface area contributed by atoms with E-state index < -0.39 is 0 Å². The Labute approximate surface area is 113 Å². The first-order valence-electron chi connectivity index (χ1n) is 7.35. The van der Waals surface area contributed by atoms with Crippen LogP contribution in [0.3, 0.4) is 0 Å². The predicted octanol–water partition coefficient (Wildman–Crippen LogP) is 2.25. The van der Waals surface area contributed by atoms with Crippen molar-refractivity contribution in [2.24, 2.45) is 11.8 Å². The molecule has 1 aromatic carbocycles. The Hall–Kier alpha value is -1.51. The summed E-state index contributed by atoms with van der Waals surface area (Å²) in [5, 5.41) is 3.10. The molecule has 2 aliphatic carbocycles. The van der Waals surface area contributed by atoms with Crippen LogP contribution in [0.2, 0.25) is 0 Å². The van der Waals surface area contributed by atoms with Gasteiger partial charge in [0.05, 0.1) is 6.61 Å². The number of ether oxygens (including phenoxy) is 1. The first-order valence-corrected chi connectivity index (χ1v) is 7.35. The summed E-state index contributed by atoms with van der Waals surface area (Å²) in [4.78, 5) is 11.6. The molecule has 3 nitrogen and oxygen atoms in total. The Morgan fingerprint density at radius 2 is 2.26 bits per heavy atom. The minimum absolute atomic E-state index is 0.271. The maximum Gasteiger partial charge on any atom is 0.223 e. The van der Waals surface area contributed by atoms with Crippen LogP contribution in [-0.2, 0) is 11.2 Å². The average molecular weight is 257 g/mol. The standard InChI is InChI=1S/C16H19NO2/c18-16(10-4-5-10)17-9-11-8-14(11)12-2-1-3-15-13(12)6-7-19-15/h1-3,10-11,14H,4-9H2,(H,17,18)/t11-,14-/m0/s1. The third kappa shape index (κ3) is 2.11. The molecule has 4 rings (SSSR count). The molecule has 1 amide bonds. The molecule has 2 saturated carbocycles. The van der Waals surface area contributed by atoms with E-state index in [1.54, 1.807) is 0 Å². The van der Waals surface area contributed by atoms with Crippen LogP contribution in [0.4, 0.5) is 0 Å². The van der Waals surface area contributed by atoms with Crippen molar-refractivity contribution in [2.45, 2.75) is 31.6 Å². The van der Waals surface area contributed by atoms with Gasteiger partial charge in [0, 0.05) is 24.4 Å². The van der Waals surface area contributed by atoms with Crippen molar-refractivity contribution in [3.05, 3.63) is 29.3 Å². The van der Waals surface area contributed by atoms with E-state index in [0.29, 0.717) is 17.8 Å². The summed E-state index contributed by atoms with van der Waals surface area (Å²) in [5.74, 6) is 2.94. The molecule has 100 valence electrons. The SMILES string of the molecule is O=C(NC[C@@H]1C[C@@H]1c1cccc2c1CCO2)C1CC1. The Morgan fingerprint density at radius 1 is 1.37 bits per heavy atom. The van der Waals surface area contributed by atoms with E-state index in [1.165, 1.54) is 17.5 Å². The van der Waals surface area contributed by atoms with Gasteiger partial charge in [0.2, 0.25) is 5.91 Å². The minimum Gasteiger partial charge on any atom is -0.493 e. The number of carbonyl (C=O) groups is 1. The summed E-state index contributed by atoms with van der Waals surface area (Å²) in [6.45, 7) is 1.67. The predicted molar refractivity (Wildman–Crippen MR) is 72.2 cm³/mol. The number of hydrogen-bond acceptors (Lipinski definition) is 2. The summed E-state index contributed by atoms with van der Waals surface area (Å²) >= 11 is 0. The lowest BCUT2D eigenvalue weighted by Crippen LogP contribution is -2.27. The zero-order valence-electron chi connectivity index (χ0n) is 11.0. The van der Waals surface area contributed by atoms with Gasteiger partial charge in [-0.1, -0.05) is 12.1 Å². The summed E-state index contributed by atoms with van der Waals surface area (Å²) in [7, 11) is 0. The number of rotatable bonds is 4. The molecule has 1 N–H and O–H groups in total. The van der Waals surface area contributed by atoms with Gasteiger partial charge in [-0.25, -0.2) is 0 Å². The number of carbonyl (C=O) groups excluding carboxylic acids is 1. The monoisotopic (exact) mass is 257 g/mol. The largest absolute Gasteiger partial charge is 0.493 e. The lowest BCUT2D eigenvalue weighted by molar-refractivity contribution is -0.122. The molecule has 0 aromatic heterocycles. The van der Waals surface area contributed by atoms with Crippen LogP contribution in [0, 0.1) is 11.8 Å². The Bertz CT molecular complexity index is 521. The molecule has 2 atom stereocenters. The maximum absolute atomic E-state index is 11.6. The molecule has 1 heterocycles. The van der Waals surface area contributed by atoms with Gasteiger partial charge < -0.3 is 10.1 Å². The van der Waals surface area contributed by atoms with E-state index in [0.717, 1.165) is 38.2 Å². The minimum atomic E-state index is 0.271. The average Bonchev–Trinajstić information content (AvgIpc) is 3.33. The van der Waals surface area contributed by atoms with E-state index in [2.05, 4.69) is 23.5 Å². The Morgan fingerprint density at radius 3 is 3.11 bits per heavy atom. The van der Waals surface area contributed by atoms with Gasteiger partial charge in [0.1, 0.15) is 5.75 Å². The van der Waals surface area contributed by atoms with Crippen molar-refractivity contribution < 1.29 is 9.53 Å².